The van der Waals surface area contributed by atoms with Crippen LogP contribution in [0.2, 0.25) is 5.02 Å². The van der Waals surface area contributed by atoms with Crippen molar-refractivity contribution in [1.82, 2.24) is 14.7 Å². The summed E-state index contributed by atoms with van der Waals surface area (Å²) in [7, 11) is 0. The number of hydrogen-bond acceptors (Lipinski definition) is 3. The Labute approximate surface area is 163 Å². The first-order valence-electron chi connectivity index (χ1n) is 8.82. The summed E-state index contributed by atoms with van der Waals surface area (Å²) in [6.07, 6.45) is 6.19. The van der Waals surface area contributed by atoms with Crippen LogP contribution in [0.4, 0.5) is 0 Å². The zero-order valence-corrected chi connectivity index (χ0v) is 16.3. The van der Waals surface area contributed by atoms with Crippen molar-refractivity contribution in [1.29, 1.82) is 0 Å². The molecule has 136 valence electrons. The number of imidazole rings is 1. The fourth-order valence-electron chi connectivity index (χ4n) is 3.40. The highest BCUT2D eigenvalue weighted by Crippen LogP contribution is 2.30. The van der Waals surface area contributed by atoms with Gasteiger partial charge in [-0.3, -0.25) is 0 Å². The number of aromatic nitrogens is 3. The second-order valence-corrected chi connectivity index (χ2v) is 7.18. The molecule has 27 heavy (non-hydrogen) atoms. The van der Waals surface area contributed by atoms with Crippen LogP contribution in [0.5, 0.6) is 0 Å². The molecule has 4 aromatic rings. The molecule has 4 rings (SSSR count). The zero-order valence-electron chi connectivity index (χ0n) is 15.5. The minimum absolute atomic E-state index is 0.713. The van der Waals surface area contributed by atoms with E-state index in [1.54, 1.807) is 12.5 Å². The molecule has 4 nitrogen and oxygen atoms in total. The van der Waals surface area contributed by atoms with Gasteiger partial charge in [0.25, 0.3) is 0 Å². The first kappa shape index (κ1) is 17.6. The molecule has 0 fully saturated rings. The lowest BCUT2D eigenvalue weighted by atomic mass is 9.95. The molecule has 0 saturated carbocycles. The molecule has 0 bridgehead atoms. The minimum Gasteiger partial charge on any atom is -0.361 e. The number of halogens is 1. The summed E-state index contributed by atoms with van der Waals surface area (Å²) in [4.78, 5) is 4.08. The maximum atomic E-state index is 6.51. The average molecular weight is 378 g/mol. The highest BCUT2D eigenvalue weighted by Gasteiger charge is 2.13. The van der Waals surface area contributed by atoms with E-state index in [1.807, 2.05) is 36.7 Å². The van der Waals surface area contributed by atoms with Gasteiger partial charge in [-0.2, -0.15) is 0 Å². The van der Waals surface area contributed by atoms with Crippen LogP contribution in [0.1, 0.15) is 28.1 Å². The summed E-state index contributed by atoms with van der Waals surface area (Å²) in [5.74, 6) is 0.843. The highest BCUT2D eigenvalue weighted by molar-refractivity contribution is 6.32. The van der Waals surface area contributed by atoms with Gasteiger partial charge >= 0.3 is 0 Å². The Hall–Kier alpha value is -2.85. The molecular weight excluding hydrogens is 358 g/mol. The van der Waals surface area contributed by atoms with Gasteiger partial charge in [0.05, 0.1) is 22.7 Å². The van der Waals surface area contributed by atoms with Gasteiger partial charge in [-0.05, 0) is 61.6 Å². The second kappa shape index (κ2) is 7.05. The molecule has 0 unspecified atom stereocenters. The first-order chi connectivity index (χ1) is 13.0. The normalized spacial score (nSPS) is 11.1. The molecule has 5 heteroatoms. The van der Waals surface area contributed by atoms with Crippen molar-refractivity contribution < 1.29 is 4.52 Å². The van der Waals surface area contributed by atoms with Crippen molar-refractivity contribution >= 4 is 11.6 Å². The summed E-state index contributed by atoms with van der Waals surface area (Å²) in [6.45, 7) is 6.05. The Bertz CT molecular complexity index is 1080. The molecule has 2 aromatic heterocycles. The van der Waals surface area contributed by atoms with E-state index in [-0.39, 0.29) is 0 Å². The van der Waals surface area contributed by atoms with Crippen LogP contribution >= 0.6 is 11.6 Å². The maximum Gasteiger partial charge on any atom is 0.141 e. The van der Waals surface area contributed by atoms with E-state index in [2.05, 4.69) is 41.3 Å². The van der Waals surface area contributed by atoms with Crippen molar-refractivity contribution in [2.75, 3.05) is 0 Å². The number of aryl methyl sites for hydroxylation is 3. The Morgan fingerprint density at radius 3 is 2.59 bits per heavy atom. The lowest BCUT2D eigenvalue weighted by molar-refractivity contribution is 0.393. The third-order valence-electron chi connectivity index (χ3n) is 4.86. The van der Waals surface area contributed by atoms with E-state index >= 15 is 0 Å². The topological polar surface area (TPSA) is 43.9 Å². The second-order valence-electron chi connectivity index (χ2n) is 6.77. The molecule has 0 N–H and O–H groups in total. The van der Waals surface area contributed by atoms with Crippen LogP contribution in [0.15, 0.2) is 59.6 Å². The Morgan fingerprint density at radius 2 is 1.93 bits per heavy atom. The fraction of sp³-hybridized carbons (Fsp3) is 0.182. The van der Waals surface area contributed by atoms with Gasteiger partial charge in [-0.25, -0.2) is 4.98 Å². The monoisotopic (exact) mass is 377 g/mol. The molecule has 0 aliphatic rings. The Balaban J connectivity index is 1.67. The summed E-state index contributed by atoms with van der Waals surface area (Å²) in [5.41, 5.74) is 7.73. The number of hydrogen-bond donors (Lipinski definition) is 0. The molecule has 2 heterocycles. The summed E-state index contributed by atoms with van der Waals surface area (Å²) in [5, 5.41) is 4.79. The average Bonchev–Trinajstić information content (AvgIpc) is 3.28. The minimum atomic E-state index is 0.713. The van der Waals surface area contributed by atoms with Gasteiger partial charge in [0, 0.05) is 18.0 Å². The third kappa shape index (κ3) is 3.40. The van der Waals surface area contributed by atoms with Gasteiger partial charge in [0.15, 0.2) is 0 Å². The zero-order chi connectivity index (χ0) is 19.0. The van der Waals surface area contributed by atoms with Crippen molar-refractivity contribution in [2.45, 2.75) is 27.2 Å². The quantitative estimate of drug-likeness (QED) is 0.458. The molecule has 0 spiro atoms. The van der Waals surface area contributed by atoms with Crippen molar-refractivity contribution in [2.24, 2.45) is 0 Å². The highest BCUT2D eigenvalue weighted by atomic mass is 35.5. The summed E-state index contributed by atoms with van der Waals surface area (Å²) in [6, 6.07) is 12.7. The van der Waals surface area contributed by atoms with Gasteiger partial charge in [0.1, 0.15) is 5.76 Å². The van der Waals surface area contributed by atoms with Crippen molar-refractivity contribution in [3.05, 3.63) is 88.3 Å². The molecule has 0 atom stereocenters. The lowest BCUT2D eigenvalue weighted by Gasteiger charge is -2.11. The Kier molecular flexibility index (Phi) is 4.58. The van der Waals surface area contributed by atoms with E-state index in [4.69, 9.17) is 16.1 Å². The maximum absolute atomic E-state index is 6.51. The summed E-state index contributed by atoms with van der Waals surface area (Å²) >= 11 is 6.51. The predicted molar refractivity (Wildman–Crippen MR) is 108 cm³/mol. The van der Waals surface area contributed by atoms with Gasteiger partial charge < -0.3 is 9.09 Å². The van der Waals surface area contributed by atoms with E-state index < -0.39 is 0 Å². The van der Waals surface area contributed by atoms with Crippen molar-refractivity contribution in [3.8, 4) is 16.8 Å². The van der Waals surface area contributed by atoms with Crippen LogP contribution in [0, 0.1) is 20.8 Å². The van der Waals surface area contributed by atoms with Crippen LogP contribution in [0.3, 0.4) is 0 Å². The first-order valence-corrected chi connectivity index (χ1v) is 9.20. The van der Waals surface area contributed by atoms with E-state index in [0.717, 1.165) is 34.7 Å². The van der Waals surface area contributed by atoms with E-state index in [1.165, 1.54) is 16.7 Å². The van der Waals surface area contributed by atoms with Crippen LogP contribution in [-0.4, -0.2) is 14.7 Å². The van der Waals surface area contributed by atoms with Crippen molar-refractivity contribution in [3.63, 3.8) is 0 Å². The smallest absolute Gasteiger partial charge is 0.141 e. The largest absolute Gasteiger partial charge is 0.361 e. The lowest BCUT2D eigenvalue weighted by Crippen LogP contribution is -1.96. The molecule has 0 aliphatic heterocycles. The molecule has 0 amide bonds. The number of rotatable bonds is 4. The standard InChI is InChI=1S/C22H20ClN3O/c1-14-4-6-18(22-15(2)25-27-16(22)3)12-19(14)10-17-5-7-21(20(23)11-17)26-9-8-24-13-26/h4-9,11-13H,10H2,1-3H3. The van der Waals surface area contributed by atoms with Gasteiger partial charge in [-0.1, -0.05) is 41.0 Å². The molecular formula is C22H20ClN3O. The summed E-state index contributed by atoms with van der Waals surface area (Å²) < 4.78 is 7.24. The van der Waals surface area contributed by atoms with Crippen LogP contribution in [0.25, 0.3) is 16.8 Å². The number of nitrogens with zero attached hydrogens (tertiary/aromatic N) is 3. The molecule has 0 radical (unpaired) electrons. The van der Waals surface area contributed by atoms with Crippen LogP contribution < -0.4 is 0 Å². The SMILES string of the molecule is Cc1ccc(-c2c(C)noc2C)cc1Cc1ccc(-n2ccnc2)c(Cl)c1. The van der Waals surface area contributed by atoms with E-state index in [9.17, 15) is 0 Å². The van der Waals surface area contributed by atoms with Gasteiger partial charge in [0.2, 0.25) is 0 Å². The fourth-order valence-corrected chi connectivity index (χ4v) is 3.70. The predicted octanol–water partition coefficient (Wildman–Crippen LogP) is 5.70. The van der Waals surface area contributed by atoms with Gasteiger partial charge in [-0.15, -0.1) is 0 Å². The third-order valence-corrected chi connectivity index (χ3v) is 5.16. The molecule has 2 aromatic carbocycles. The Morgan fingerprint density at radius 1 is 1.07 bits per heavy atom. The van der Waals surface area contributed by atoms with E-state index in [0.29, 0.717) is 5.02 Å². The van der Waals surface area contributed by atoms with Crippen LogP contribution in [-0.2, 0) is 6.42 Å². The number of benzene rings is 2. The molecule has 0 aliphatic carbocycles. The molecule has 0 saturated heterocycles.